The van der Waals surface area contributed by atoms with Gasteiger partial charge in [-0.3, -0.25) is 4.68 Å². The maximum atomic E-state index is 12.8. The molecule has 0 radical (unpaired) electrons. The summed E-state index contributed by atoms with van der Waals surface area (Å²) in [5.41, 5.74) is 0.621. The lowest BCUT2D eigenvalue weighted by Gasteiger charge is -2.12. The largest absolute Gasteiger partial charge is 0.416 e. The second-order valence-electron chi connectivity index (χ2n) is 4.46. The molecule has 0 aliphatic rings. The van der Waals surface area contributed by atoms with Crippen LogP contribution in [0.1, 0.15) is 23.6 Å². The van der Waals surface area contributed by atoms with Crippen LogP contribution in [0.5, 0.6) is 0 Å². The molecular formula is C14H16F3N3. The third kappa shape index (κ3) is 3.60. The van der Waals surface area contributed by atoms with Crippen molar-refractivity contribution < 1.29 is 13.2 Å². The molecule has 20 heavy (non-hydrogen) atoms. The van der Waals surface area contributed by atoms with E-state index in [1.54, 1.807) is 16.9 Å². The monoisotopic (exact) mass is 283 g/mol. The first-order chi connectivity index (χ1) is 9.50. The number of alkyl halides is 3. The van der Waals surface area contributed by atoms with Crippen LogP contribution in [0.3, 0.4) is 0 Å². The molecule has 6 heteroatoms. The first-order valence-electron chi connectivity index (χ1n) is 6.38. The van der Waals surface area contributed by atoms with Crippen molar-refractivity contribution >= 4 is 0 Å². The van der Waals surface area contributed by atoms with E-state index < -0.39 is 11.7 Å². The van der Waals surface area contributed by atoms with Gasteiger partial charge in [0.1, 0.15) is 0 Å². The average molecular weight is 283 g/mol. The summed E-state index contributed by atoms with van der Waals surface area (Å²) in [5.74, 6) is 0. The normalized spacial score (nSPS) is 11.8. The number of rotatable bonds is 5. The molecule has 108 valence electrons. The molecular weight excluding hydrogens is 267 g/mol. The van der Waals surface area contributed by atoms with Crippen LogP contribution in [-0.2, 0) is 25.8 Å². The average Bonchev–Trinajstić information content (AvgIpc) is 2.86. The first kappa shape index (κ1) is 14.6. The highest BCUT2D eigenvalue weighted by atomic mass is 19.4. The second-order valence-corrected chi connectivity index (χ2v) is 4.46. The zero-order valence-corrected chi connectivity index (χ0v) is 11.1. The first-order valence-corrected chi connectivity index (χ1v) is 6.38. The van der Waals surface area contributed by atoms with E-state index in [0.29, 0.717) is 6.54 Å². The molecule has 0 aliphatic heterocycles. The van der Waals surface area contributed by atoms with Gasteiger partial charge < -0.3 is 5.32 Å². The van der Waals surface area contributed by atoms with Crippen molar-refractivity contribution in [2.75, 3.05) is 0 Å². The van der Waals surface area contributed by atoms with E-state index in [-0.39, 0.29) is 12.1 Å². The molecule has 1 N–H and O–H groups in total. The molecule has 1 aromatic heterocycles. The number of benzene rings is 1. The molecule has 0 spiro atoms. The molecule has 2 rings (SSSR count). The van der Waals surface area contributed by atoms with Crippen molar-refractivity contribution in [1.29, 1.82) is 0 Å². The Kier molecular flexibility index (Phi) is 4.44. The third-order valence-electron chi connectivity index (χ3n) is 2.98. The summed E-state index contributed by atoms with van der Waals surface area (Å²) < 4.78 is 40.2. The van der Waals surface area contributed by atoms with E-state index in [1.807, 2.05) is 13.1 Å². The molecule has 0 unspecified atom stereocenters. The van der Waals surface area contributed by atoms with Crippen molar-refractivity contribution in [2.24, 2.45) is 0 Å². The molecule has 0 atom stereocenters. The number of aromatic nitrogens is 2. The summed E-state index contributed by atoms with van der Waals surface area (Å²) in [7, 11) is 0. The van der Waals surface area contributed by atoms with E-state index in [1.165, 1.54) is 12.1 Å². The van der Waals surface area contributed by atoms with E-state index in [4.69, 9.17) is 0 Å². The van der Waals surface area contributed by atoms with E-state index in [2.05, 4.69) is 10.4 Å². The Morgan fingerprint density at radius 1 is 1.20 bits per heavy atom. The summed E-state index contributed by atoms with van der Waals surface area (Å²) in [5, 5.41) is 7.13. The van der Waals surface area contributed by atoms with Crippen molar-refractivity contribution in [3.05, 3.63) is 53.3 Å². The van der Waals surface area contributed by atoms with Gasteiger partial charge in [0, 0.05) is 31.4 Å². The van der Waals surface area contributed by atoms with Gasteiger partial charge in [-0.2, -0.15) is 18.3 Å². The van der Waals surface area contributed by atoms with Gasteiger partial charge in [-0.1, -0.05) is 18.2 Å². The Morgan fingerprint density at radius 2 is 1.95 bits per heavy atom. The Morgan fingerprint density at radius 3 is 2.60 bits per heavy atom. The lowest BCUT2D eigenvalue weighted by Crippen LogP contribution is -2.17. The Bertz CT molecular complexity index is 561. The Labute approximate surface area is 115 Å². The highest BCUT2D eigenvalue weighted by Gasteiger charge is 2.32. The smallest absolute Gasteiger partial charge is 0.308 e. The number of nitrogens with one attached hydrogen (secondary N) is 1. The highest BCUT2D eigenvalue weighted by molar-refractivity contribution is 5.29. The van der Waals surface area contributed by atoms with Crippen LogP contribution >= 0.6 is 0 Å². The van der Waals surface area contributed by atoms with Crippen LogP contribution in [-0.4, -0.2) is 9.78 Å². The van der Waals surface area contributed by atoms with Gasteiger partial charge in [0.05, 0.1) is 11.8 Å². The number of aryl methyl sites for hydroxylation is 1. The van der Waals surface area contributed by atoms with Crippen LogP contribution in [0.2, 0.25) is 0 Å². The Hall–Kier alpha value is -1.82. The predicted molar refractivity (Wildman–Crippen MR) is 69.9 cm³/mol. The zero-order valence-electron chi connectivity index (χ0n) is 11.1. The van der Waals surface area contributed by atoms with Crippen LogP contribution in [0.15, 0.2) is 36.7 Å². The number of halogens is 3. The van der Waals surface area contributed by atoms with Gasteiger partial charge in [-0.15, -0.1) is 0 Å². The van der Waals surface area contributed by atoms with E-state index >= 15 is 0 Å². The fraction of sp³-hybridized carbons (Fsp3) is 0.357. The molecule has 3 nitrogen and oxygen atoms in total. The Balaban J connectivity index is 1.97. The SMILES string of the molecule is CCn1cc(CNCc2ccccc2C(F)(F)F)cn1. The van der Waals surface area contributed by atoms with Crippen LogP contribution < -0.4 is 5.32 Å². The van der Waals surface area contributed by atoms with Crippen LogP contribution in [0.4, 0.5) is 13.2 Å². The van der Waals surface area contributed by atoms with Crippen LogP contribution in [0.25, 0.3) is 0 Å². The highest BCUT2D eigenvalue weighted by Crippen LogP contribution is 2.31. The summed E-state index contributed by atoms with van der Waals surface area (Å²) in [6.07, 6.45) is -0.722. The lowest BCUT2D eigenvalue weighted by atomic mass is 10.1. The fourth-order valence-corrected chi connectivity index (χ4v) is 1.96. The molecule has 0 saturated carbocycles. The van der Waals surface area contributed by atoms with Crippen LogP contribution in [0, 0.1) is 0 Å². The molecule has 2 aromatic rings. The van der Waals surface area contributed by atoms with Gasteiger partial charge in [0.2, 0.25) is 0 Å². The molecule has 0 bridgehead atoms. The van der Waals surface area contributed by atoms with Gasteiger partial charge in [-0.25, -0.2) is 0 Å². The number of hydrogen-bond donors (Lipinski definition) is 1. The molecule has 1 heterocycles. The molecule has 0 aliphatic carbocycles. The number of nitrogens with zero attached hydrogens (tertiary/aromatic N) is 2. The topological polar surface area (TPSA) is 29.9 Å². The van der Waals surface area contributed by atoms with E-state index in [0.717, 1.165) is 18.2 Å². The van der Waals surface area contributed by atoms with Crippen molar-refractivity contribution in [3.8, 4) is 0 Å². The van der Waals surface area contributed by atoms with Gasteiger partial charge >= 0.3 is 6.18 Å². The third-order valence-corrected chi connectivity index (χ3v) is 2.98. The van der Waals surface area contributed by atoms with E-state index in [9.17, 15) is 13.2 Å². The maximum absolute atomic E-state index is 12.8. The summed E-state index contributed by atoms with van der Waals surface area (Å²) in [6.45, 7) is 3.42. The quantitative estimate of drug-likeness (QED) is 0.913. The summed E-state index contributed by atoms with van der Waals surface area (Å²) in [4.78, 5) is 0. The maximum Gasteiger partial charge on any atom is 0.416 e. The molecule has 0 saturated heterocycles. The summed E-state index contributed by atoms with van der Waals surface area (Å²) in [6, 6.07) is 5.61. The standard InChI is InChI=1S/C14H16F3N3/c1-2-20-10-11(8-19-20)7-18-9-12-5-3-4-6-13(12)14(15,16)17/h3-6,8,10,18H,2,7,9H2,1H3. The number of hydrogen-bond acceptors (Lipinski definition) is 2. The fourth-order valence-electron chi connectivity index (χ4n) is 1.96. The van der Waals surface area contributed by atoms with Gasteiger partial charge in [0.15, 0.2) is 0 Å². The second kappa shape index (κ2) is 6.09. The summed E-state index contributed by atoms with van der Waals surface area (Å²) >= 11 is 0. The van der Waals surface area contributed by atoms with Crippen molar-refractivity contribution in [1.82, 2.24) is 15.1 Å². The molecule has 1 aromatic carbocycles. The molecule has 0 amide bonds. The lowest BCUT2D eigenvalue weighted by molar-refractivity contribution is -0.138. The zero-order chi connectivity index (χ0) is 14.6. The minimum Gasteiger partial charge on any atom is -0.308 e. The minimum absolute atomic E-state index is 0.174. The van der Waals surface area contributed by atoms with Crippen molar-refractivity contribution in [2.45, 2.75) is 32.7 Å². The van der Waals surface area contributed by atoms with Gasteiger partial charge in [-0.05, 0) is 18.6 Å². The minimum atomic E-state index is -4.31. The molecule has 0 fully saturated rings. The van der Waals surface area contributed by atoms with Crippen molar-refractivity contribution in [3.63, 3.8) is 0 Å². The van der Waals surface area contributed by atoms with Gasteiger partial charge in [0.25, 0.3) is 0 Å². The predicted octanol–water partition coefficient (Wildman–Crippen LogP) is 3.21.